The summed E-state index contributed by atoms with van der Waals surface area (Å²) in [7, 11) is 3.48. The van der Waals surface area contributed by atoms with Crippen LogP contribution in [0.3, 0.4) is 0 Å². The van der Waals surface area contributed by atoms with Gasteiger partial charge in [0.2, 0.25) is 0 Å². The molecule has 0 aromatic rings. The van der Waals surface area contributed by atoms with Crippen LogP contribution in [0.1, 0.15) is 38.5 Å². The number of rotatable bonds is 1. The molecule has 0 radical (unpaired) electrons. The standard InChI is InChI=1S/C13H23FN2O/c1-15(2)12(17)16-10-13(8-11(16)9-14)6-4-3-5-7-13/h11H,3-10H2,1-2H3. The summed E-state index contributed by atoms with van der Waals surface area (Å²) < 4.78 is 13.1. The molecule has 3 nitrogen and oxygen atoms in total. The fourth-order valence-corrected chi connectivity index (χ4v) is 3.45. The number of hydrogen-bond acceptors (Lipinski definition) is 1. The molecule has 17 heavy (non-hydrogen) atoms. The van der Waals surface area contributed by atoms with Crippen LogP contribution in [0.15, 0.2) is 0 Å². The van der Waals surface area contributed by atoms with E-state index in [1.165, 1.54) is 32.1 Å². The predicted octanol–water partition coefficient (Wildman–Crippen LogP) is 2.66. The number of alkyl halides is 1. The van der Waals surface area contributed by atoms with Crippen LogP contribution in [0.2, 0.25) is 0 Å². The Morgan fingerprint density at radius 1 is 1.35 bits per heavy atom. The summed E-state index contributed by atoms with van der Waals surface area (Å²) >= 11 is 0. The maximum Gasteiger partial charge on any atom is 0.319 e. The van der Waals surface area contributed by atoms with E-state index in [1.54, 1.807) is 23.9 Å². The quantitative estimate of drug-likeness (QED) is 0.693. The summed E-state index contributed by atoms with van der Waals surface area (Å²) in [5.74, 6) is 0. The molecule has 1 aliphatic heterocycles. The SMILES string of the molecule is CN(C)C(=O)N1CC2(CCCCC2)CC1CF. The zero-order chi connectivity index (χ0) is 12.5. The van der Waals surface area contributed by atoms with Gasteiger partial charge in [0.15, 0.2) is 0 Å². The Morgan fingerprint density at radius 2 is 2.00 bits per heavy atom. The summed E-state index contributed by atoms with van der Waals surface area (Å²) in [4.78, 5) is 15.3. The maximum atomic E-state index is 13.1. The summed E-state index contributed by atoms with van der Waals surface area (Å²) in [6.45, 7) is 0.361. The Hall–Kier alpha value is -0.800. The molecular formula is C13H23FN2O. The van der Waals surface area contributed by atoms with Crippen LogP contribution >= 0.6 is 0 Å². The number of carbonyl (C=O) groups is 1. The average molecular weight is 242 g/mol. The Bertz CT molecular complexity index is 287. The van der Waals surface area contributed by atoms with Gasteiger partial charge in [-0.3, -0.25) is 0 Å². The second kappa shape index (κ2) is 4.83. The molecular weight excluding hydrogens is 219 g/mol. The smallest absolute Gasteiger partial charge is 0.319 e. The van der Waals surface area contributed by atoms with Crippen LogP contribution in [0.4, 0.5) is 9.18 Å². The molecule has 0 aromatic heterocycles. The zero-order valence-electron chi connectivity index (χ0n) is 10.9. The van der Waals surface area contributed by atoms with E-state index in [4.69, 9.17) is 0 Å². The van der Waals surface area contributed by atoms with E-state index in [2.05, 4.69) is 0 Å². The van der Waals surface area contributed by atoms with Gasteiger partial charge in [0.05, 0.1) is 6.04 Å². The van der Waals surface area contributed by atoms with Gasteiger partial charge < -0.3 is 9.80 Å². The number of hydrogen-bond donors (Lipinski definition) is 0. The average Bonchev–Trinajstić information content (AvgIpc) is 2.67. The minimum absolute atomic E-state index is 0.0323. The third-order valence-corrected chi connectivity index (χ3v) is 4.34. The number of nitrogens with zero attached hydrogens (tertiary/aromatic N) is 2. The highest BCUT2D eigenvalue weighted by atomic mass is 19.1. The van der Waals surface area contributed by atoms with E-state index in [0.29, 0.717) is 0 Å². The molecule has 2 amide bonds. The first-order valence-electron chi connectivity index (χ1n) is 6.62. The Kier molecular flexibility index (Phi) is 3.59. The molecule has 1 spiro atoms. The molecule has 1 unspecified atom stereocenters. The van der Waals surface area contributed by atoms with Crippen LogP contribution in [0.5, 0.6) is 0 Å². The molecule has 0 N–H and O–H groups in total. The summed E-state index contributed by atoms with van der Waals surface area (Å²) in [5, 5.41) is 0. The van der Waals surface area contributed by atoms with E-state index >= 15 is 0 Å². The molecule has 4 heteroatoms. The van der Waals surface area contributed by atoms with Crippen molar-refractivity contribution in [3.05, 3.63) is 0 Å². The van der Waals surface area contributed by atoms with Crippen molar-refractivity contribution in [2.24, 2.45) is 5.41 Å². The molecule has 0 aromatic carbocycles. The highest BCUT2D eigenvalue weighted by molar-refractivity contribution is 5.74. The highest BCUT2D eigenvalue weighted by Crippen LogP contribution is 2.46. The second-order valence-electron chi connectivity index (χ2n) is 5.88. The molecule has 1 saturated carbocycles. The van der Waals surface area contributed by atoms with Crippen LogP contribution in [-0.4, -0.2) is 49.2 Å². The Labute approximate surface area is 103 Å². The van der Waals surface area contributed by atoms with E-state index in [-0.39, 0.29) is 17.5 Å². The molecule has 2 rings (SSSR count). The van der Waals surface area contributed by atoms with E-state index in [9.17, 15) is 9.18 Å². The number of urea groups is 1. The van der Waals surface area contributed by atoms with Crippen molar-refractivity contribution in [1.29, 1.82) is 0 Å². The molecule has 1 heterocycles. The van der Waals surface area contributed by atoms with Gasteiger partial charge in [-0.25, -0.2) is 9.18 Å². The van der Waals surface area contributed by atoms with Crippen molar-refractivity contribution in [1.82, 2.24) is 9.80 Å². The van der Waals surface area contributed by atoms with Gasteiger partial charge in [0.1, 0.15) is 6.67 Å². The van der Waals surface area contributed by atoms with Crippen LogP contribution in [0, 0.1) is 5.41 Å². The molecule has 98 valence electrons. The topological polar surface area (TPSA) is 23.6 Å². The second-order valence-corrected chi connectivity index (χ2v) is 5.88. The lowest BCUT2D eigenvalue weighted by Crippen LogP contribution is -2.43. The monoisotopic (exact) mass is 242 g/mol. The van der Waals surface area contributed by atoms with Crippen molar-refractivity contribution in [2.45, 2.75) is 44.6 Å². The molecule has 1 atom stereocenters. The van der Waals surface area contributed by atoms with Crippen molar-refractivity contribution in [3.63, 3.8) is 0 Å². The van der Waals surface area contributed by atoms with Crippen molar-refractivity contribution >= 4 is 6.03 Å². The maximum absolute atomic E-state index is 13.1. The van der Waals surface area contributed by atoms with E-state index in [0.717, 1.165) is 13.0 Å². The molecule has 1 aliphatic carbocycles. The fraction of sp³-hybridized carbons (Fsp3) is 0.923. The van der Waals surface area contributed by atoms with Gasteiger partial charge in [-0.15, -0.1) is 0 Å². The molecule has 2 aliphatic rings. The summed E-state index contributed by atoms with van der Waals surface area (Å²) in [5.41, 5.74) is 0.223. The number of carbonyl (C=O) groups excluding carboxylic acids is 1. The van der Waals surface area contributed by atoms with Gasteiger partial charge >= 0.3 is 6.03 Å². The fourth-order valence-electron chi connectivity index (χ4n) is 3.45. The van der Waals surface area contributed by atoms with E-state index in [1.807, 2.05) is 0 Å². The zero-order valence-corrected chi connectivity index (χ0v) is 10.9. The van der Waals surface area contributed by atoms with Crippen molar-refractivity contribution in [3.8, 4) is 0 Å². The first-order chi connectivity index (χ1) is 8.08. The molecule has 2 fully saturated rings. The lowest BCUT2D eigenvalue weighted by atomic mass is 9.73. The lowest BCUT2D eigenvalue weighted by Gasteiger charge is -2.33. The Morgan fingerprint density at radius 3 is 2.53 bits per heavy atom. The first-order valence-corrected chi connectivity index (χ1v) is 6.62. The van der Waals surface area contributed by atoms with Gasteiger partial charge in [0, 0.05) is 20.6 Å². The number of amides is 2. The summed E-state index contributed by atoms with van der Waals surface area (Å²) in [6, 6.07) is -0.224. The Balaban J connectivity index is 2.09. The first kappa shape index (κ1) is 12.7. The highest BCUT2D eigenvalue weighted by Gasteiger charge is 2.46. The number of halogens is 1. The molecule has 1 saturated heterocycles. The minimum atomic E-state index is -0.401. The third kappa shape index (κ3) is 2.40. The van der Waals surface area contributed by atoms with Gasteiger partial charge in [0.25, 0.3) is 0 Å². The van der Waals surface area contributed by atoms with Crippen molar-refractivity contribution in [2.75, 3.05) is 27.3 Å². The minimum Gasteiger partial charge on any atom is -0.331 e. The van der Waals surface area contributed by atoms with Gasteiger partial charge in [-0.1, -0.05) is 19.3 Å². The third-order valence-electron chi connectivity index (χ3n) is 4.34. The van der Waals surface area contributed by atoms with Crippen LogP contribution < -0.4 is 0 Å². The van der Waals surface area contributed by atoms with Crippen LogP contribution in [0.25, 0.3) is 0 Å². The largest absolute Gasteiger partial charge is 0.331 e. The predicted molar refractivity (Wildman–Crippen MR) is 65.7 cm³/mol. The normalized spacial score (nSPS) is 27.5. The summed E-state index contributed by atoms with van der Waals surface area (Å²) in [6.07, 6.45) is 6.97. The number of likely N-dealkylation sites (tertiary alicyclic amines) is 1. The van der Waals surface area contributed by atoms with Gasteiger partial charge in [-0.05, 0) is 24.7 Å². The van der Waals surface area contributed by atoms with Gasteiger partial charge in [-0.2, -0.15) is 0 Å². The van der Waals surface area contributed by atoms with Crippen molar-refractivity contribution < 1.29 is 9.18 Å². The molecule has 0 bridgehead atoms. The lowest BCUT2D eigenvalue weighted by molar-refractivity contribution is 0.149. The van der Waals surface area contributed by atoms with Crippen LogP contribution in [-0.2, 0) is 0 Å². The van der Waals surface area contributed by atoms with E-state index < -0.39 is 6.67 Å².